The van der Waals surface area contributed by atoms with E-state index in [-0.39, 0.29) is 0 Å². The average Bonchev–Trinajstić information content (AvgIpc) is 2.86. The molecule has 0 fully saturated rings. The van der Waals surface area contributed by atoms with Crippen molar-refractivity contribution in [2.24, 2.45) is 0 Å². The summed E-state index contributed by atoms with van der Waals surface area (Å²) in [5.41, 5.74) is 9.44. The molecule has 1 heteroatoms. The minimum atomic E-state index is 1.07. The molecule has 0 heterocycles. The van der Waals surface area contributed by atoms with Crippen molar-refractivity contribution in [1.29, 1.82) is 0 Å². The number of rotatable bonds is 5. The number of nitrogens with one attached hydrogen (secondary N) is 1. The molecule has 0 aliphatic carbocycles. The van der Waals surface area contributed by atoms with E-state index in [9.17, 15) is 0 Å². The third-order valence-corrected chi connectivity index (χ3v) is 5.46. The molecule has 0 aliphatic rings. The van der Waals surface area contributed by atoms with Gasteiger partial charge in [0.15, 0.2) is 0 Å². The van der Waals surface area contributed by atoms with Gasteiger partial charge < -0.3 is 5.32 Å². The van der Waals surface area contributed by atoms with E-state index >= 15 is 0 Å². The summed E-state index contributed by atoms with van der Waals surface area (Å²) in [6.45, 7) is 0. The molecule has 0 unspecified atom stereocenters. The van der Waals surface area contributed by atoms with E-state index in [1.807, 2.05) is 6.07 Å². The summed E-state index contributed by atoms with van der Waals surface area (Å²) < 4.78 is 0. The lowest BCUT2D eigenvalue weighted by Gasteiger charge is -2.14. The molecule has 0 radical (unpaired) electrons. The monoisotopic (exact) mass is 397 g/mol. The molecule has 0 bridgehead atoms. The molecule has 0 aliphatic heterocycles. The van der Waals surface area contributed by atoms with Crippen LogP contribution in [0.1, 0.15) is 0 Å². The molecule has 0 amide bonds. The van der Waals surface area contributed by atoms with Crippen LogP contribution in [0.3, 0.4) is 0 Å². The Kier molecular flexibility index (Phi) is 5.32. The first-order chi connectivity index (χ1) is 15.4. The van der Waals surface area contributed by atoms with Crippen LogP contribution in [0.25, 0.3) is 33.4 Å². The van der Waals surface area contributed by atoms with Crippen molar-refractivity contribution in [3.8, 4) is 33.4 Å². The van der Waals surface area contributed by atoms with Gasteiger partial charge in [-0.1, -0.05) is 109 Å². The van der Waals surface area contributed by atoms with Gasteiger partial charge in [-0.2, -0.15) is 0 Å². The number of hydrogen-bond acceptors (Lipinski definition) is 1. The van der Waals surface area contributed by atoms with Gasteiger partial charge in [-0.25, -0.2) is 0 Å². The highest BCUT2D eigenvalue weighted by atomic mass is 14.9. The van der Waals surface area contributed by atoms with Gasteiger partial charge in [0, 0.05) is 16.9 Å². The Balaban J connectivity index is 1.47. The lowest BCUT2D eigenvalue weighted by Crippen LogP contribution is -1.93. The van der Waals surface area contributed by atoms with Gasteiger partial charge in [-0.15, -0.1) is 0 Å². The van der Waals surface area contributed by atoms with E-state index in [4.69, 9.17) is 0 Å². The summed E-state index contributed by atoms with van der Waals surface area (Å²) in [5, 5.41) is 3.63. The second-order valence-electron chi connectivity index (χ2n) is 7.56. The molecule has 0 spiro atoms. The maximum Gasteiger partial charge on any atom is 0.0463 e. The molecule has 0 aromatic heterocycles. The largest absolute Gasteiger partial charge is 0.355 e. The fraction of sp³-hybridized carbons (Fsp3) is 0. The standard InChI is InChI=1S/C30H23N/c1-3-11-23(12-4-1)25-15-9-16-26(21-25)27-17-10-18-28(22-27)31-30-20-8-7-19-29(30)24-13-5-2-6-14-24/h1-22,31H. The van der Waals surface area contributed by atoms with Gasteiger partial charge in [-0.3, -0.25) is 0 Å². The summed E-state index contributed by atoms with van der Waals surface area (Å²) in [6, 6.07) is 46.8. The molecular weight excluding hydrogens is 374 g/mol. The quantitative estimate of drug-likeness (QED) is 0.314. The predicted molar refractivity (Wildman–Crippen MR) is 132 cm³/mol. The molecule has 148 valence electrons. The maximum atomic E-state index is 3.63. The minimum Gasteiger partial charge on any atom is -0.355 e. The number of hydrogen-bond donors (Lipinski definition) is 1. The van der Waals surface area contributed by atoms with Crippen molar-refractivity contribution < 1.29 is 0 Å². The van der Waals surface area contributed by atoms with Gasteiger partial charge in [0.05, 0.1) is 0 Å². The fourth-order valence-corrected chi connectivity index (χ4v) is 3.90. The SMILES string of the molecule is c1ccc(-c2cccc(-c3cccc(Nc4ccccc4-c4ccccc4)c3)c2)cc1. The first-order valence-electron chi connectivity index (χ1n) is 10.5. The second kappa shape index (κ2) is 8.73. The van der Waals surface area contributed by atoms with E-state index in [2.05, 4.69) is 133 Å². The summed E-state index contributed by atoms with van der Waals surface area (Å²) in [7, 11) is 0. The number of para-hydroxylation sites is 1. The number of benzene rings is 5. The third-order valence-electron chi connectivity index (χ3n) is 5.46. The van der Waals surface area contributed by atoms with E-state index in [1.165, 1.54) is 33.4 Å². The van der Waals surface area contributed by atoms with Crippen LogP contribution in [0.5, 0.6) is 0 Å². The van der Waals surface area contributed by atoms with E-state index in [1.54, 1.807) is 0 Å². The zero-order valence-electron chi connectivity index (χ0n) is 17.2. The minimum absolute atomic E-state index is 1.07. The van der Waals surface area contributed by atoms with Crippen molar-refractivity contribution in [3.05, 3.63) is 133 Å². The Labute approximate surface area is 183 Å². The molecule has 5 aromatic rings. The van der Waals surface area contributed by atoms with E-state index in [0.29, 0.717) is 0 Å². The van der Waals surface area contributed by atoms with Crippen LogP contribution in [0.15, 0.2) is 133 Å². The Hall–Kier alpha value is -4.10. The van der Waals surface area contributed by atoms with Crippen LogP contribution >= 0.6 is 0 Å². The molecule has 5 aromatic carbocycles. The summed E-state index contributed by atoms with van der Waals surface area (Å²) in [5.74, 6) is 0. The Morgan fingerprint density at radius 1 is 0.355 bits per heavy atom. The van der Waals surface area contributed by atoms with Crippen molar-refractivity contribution in [1.82, 2.24) is 0 Å². The van der Waals surface area contributed by atoms with E-state index in [0.717, 1.165) is 11.4 Å². The molecule has 1 nitrogen and oxygen atoms in total. The maximum absolute atomic E-state index is 3.63. The molecular formula is C30H23N. The lowest BCUT2D eigenvalue weighted by atomic mass is 9.98. The summed E-state index contributed by atoms with van der Waals surface area (Å²) in [6.07, 6.45) is 0. The van der Waals surface area contributed by atoms with Gasteiger partial charge >= 0.3 is 0 Å². The molecule has 0 saturated carbocycles. The van der Waals surface area contributed by atoms with Crippen molar-refractivity contribution >= 4 is 11.4 Å². The Morgan fingerprint density at radius 3 is 1.61 bits per heavy atom. The van der Waals surface area contributed by atoms with Gasteiger partial charge in [0.25, 0.3) is 0 Å². The lowest BCUT2D eigenvalue weighted by molar-refractivity contribution is 1.52. The number of anilines is 2. The first-order valence-corrected chi connectivity index (χ1v) is 10.5. The van der Waals surface area contributed by atoms with E-state index < -0.39 is 0 Å². The van der Waals surface area contributed by atoms with Crippen molar-refractivity contribution in [3.63, 3.8) is 0 Å². The van der Waals surface area contributed by atoms with Crippen LogP contribution in [-0.4, -0.2) is 0 Å². The molecule has 31 heavy (non-hydrogen) atoms. The highest BCUT2D eigenvalue weighted by Crippen LogP contribution is 2.32. The topological polar surface area (TPSA) is 12.0 Å². The van der Waals surface area contributed by atoms with Gasteiger partial charge in [-0.05, 0) is 52.1 Å². The van der Waals surface area contributed by atoms with Gasteiger partial charge in [0.1, 0.15) is 0 Å². The second-order valence-corrected chi connectivity index (χ2v) is 7.56. The fourth-order valence-electron chi connectivity index (χ4n) is 3.90. The summed E-state index contributed by atoms with van der Waals surface area (Å²) in [4.78, 5) is 0. The molecule has 0 saturated heterocycles. The molecule has 5 rings (SSSR count). The average molecular weight is 398 g/mol. The summed E-state index contributed by atoms with van der Waals surface area (Å²) >= 11 is 0. The Bertz CT molecular complexity index is 1290. The Morgan fingerprint density at radius 2 is 0.871 bits per heavy atom. The van der Waals surface area contributed by atoms with Crippen LogP contribution in [-0.2, 0) is 0 Å². The highest BCUT2D eigenvalue weighted by molar-refractivity contribution is 5.82. The normalized spacial score (nSPS) is 10.6. The predicted octanol–water partition coefficient (Wildman–Crippen LogP) is 8.43. The zero-order chi connectivity index (χ0) is 20.9. The third kappa shape index (κ3) is 4.26. The smallest absolute Gasteiger partial charge is 0.0463 e. The van der Waals surface area contributed by atoms with Crippen LogP contribution in [0.2, 0.25) is 0 Å². The van der Waals surface area contributed by atoms with Crippen molar-refractivity contribution in [2.45, 2.75) is 0 Å². The first kappa shape index (κ1) is 18.9. The molecule has 1 N–H and O–H groups in total. The van der Waals surface area contributed by atoms with Crippen LogP contribution in [0, 0.1) is 0 Å². The van der Waals surface area contributed by atoms with Crippen LogP contribution < -0.4 is 5.32 Å². The zero-order valence-corrected chi connectivity index (χ0v) is 17.2. The highest BCUT2D eigenvalue weighted by Gasteiger charge is 2.06. The van der Waals surface area contributed by atoms with Gasteiger partial charge in [0.2, 0.25) is 0 Å². The van der Waals surface area contributed by atoms with Crippen molar-refractivity contribution in [2.75, 3.05) is 5.32 Å². The van der Waals surface area contributed by atoms with Crippen LogP contribution in [0.4, 0.5) is 11.4 Å². The molecule has 0 atom stereocenters.